The Morgan fingerprint density at radius 2 is 2.20 bits per heavy atom. The van der Waals surface area contributed by atoms with Crippen LogP contribution in [-0.2, 0) is 4.79 Å². The van der Waals surface area contributed by atoms with E-state index in [1.165, 1.54) is 6.08 Å². The zero-order chi connectivity index (χ0) is 11.9. The lowest BCUT2D eigenvalue weighted by molar-refractivity contribution is -0.141. The highest BCUT2D eigenvalue weighted by molar-refractivity contribution is 5.81. The SMILES string of the molecule is C=C=C[C@](N)(CCCN=C(N)N)C(=O)O. The van der Waals surface area contributed by atoms with Crippen LogP contribution >= 0.6 is 0 Å². The minimum Gasteiger partial charge on any atom is -0.480 e. The summed E-state index contributed by atoms with van der Waals surface area (Å²) in [4.78, 5) is 14.6. The molecule has 0 aliphatic heterocycles. The lowest BCUT2D eigenvalue weighted by Crippen LogP contribution is -2.46. The quantitative estimate of drug-likeness (QED) is 0.197. The standard InChI is InChI=1S/C9H16N4O2/c1-2-4-9(12,7(14)15)5-3-6-13-8(10)11/h4H,1,3,5-6,12H2,(H,14,15)(H4,10,11,13)/t9-/m0/s1. The number of nitrogens with two attached hydrogens (primary N) is 3. The molecule has 0 saturated heterocycles. The summed E-state index contributed by atoms with van der Waals surface area (Å²) in [5, 5.41) is 8.86. The molecule has 0 aromatic carbocycles. The average molecular weight is 212 g/mol. The molecule has 0 fully saturated rings. The molecule has 0 amide bonds. The average Bonchev–Trinajstić information content (AvgIpc) is 2.12. The van der Waals surface area contributed by atoms with Gasteiger partial charge in [-0.25, -0.2) is 4.79 Å². The van der Waals surface area contributed by atoms with Crippen LogP contribution in [0.5, 0.6) is 0 Å². The van der Waals surface area contributed by atoms with Gasteiger partial charge in [-0.3, -0.25) is 4.99 Å². The summed E-state index contributed by atoms with van der Waals surface area (Å²) in [5.41, 5.74) is 16.8. The molecule has 0 aromatic rings. The highest BCUT2D eigenvalue weighted by atomic mass is 16.4. The highest BCUT2D eigenvalue weighted by Gasteiger charge is 2.30. The van der Waals surface area contributed by atoms with Gasteiger partial charge in [-0.2, -0.15) is 0 Å². The van der Waals surface area contributed by atoms with Crippen LogP contribution in [0.25, 0.3) is 0 Å². The number of aliphatic carboxylic acids is 1. The molecular weight excluding hydrogens is 196 g/mol. The second-order valence-corrected chi connectivity index (χ2v) is 3.10. The van der Waals surface area contributed by atoms with Gasteiger partial charge in [0.1, 0.15) is 5.54 Å². The molecule has 0 aromatic heterocycles. The third kappa shape index (κ3) is 4.85. The van der Waals surface area contributed by atoms with Crippen LogP contribution in [-0.4, -0.2) is 29.1 Å². The number of hydrogen-bond donors (Lipinski definition) is 4. The van der Waals surface area contributed by atoms with E-state index >= 15 is 0 Å². The second kappa shape index (κ2) is 5.85. The van der Waals surface area contributed by atoms with E-state index in [4.69, 9.17) is 22.3 Å². The van der Waals surface area contributed by atoms with E-state index in [0.717, 1.165) is 0 Å². The minimum atomic E-state index is -1.44. The Morgan fingerprint density at radius 3 is 2.60 bits per heavy atom. The number of carboxylic acids is 1. The Bertz CT molecular complexity index is 299. The highest BCUT2D eigenvalue weighted by Crippen LogP contribution is 2.11. The molecule has 84 valence electrons. The van der Waals surface area contributed by atoms with E-state index < -0.39 is 11.5 Å². The third-order valence-electron chi connectivity index (χ3n) is 1.80. The van der Waals surface area contributed by atoms with E-state index in [9.17, 15) is 4.79 Å². The maximum absolute atomic E-state index is 10.8. The number of aliphatic imine (C=N–C) groups is 1. The Labute approximate surface area is 88.2 Å². The Balaban J connectivity index is 4.27. The van der Waals surface area contributed by atoms with Crippen molar-refractivity contribution in [3.63, 3.8) is 0 Å². The van der Waals surface area contributed by atoms with Crippen molar-refractivity contribution >= 4 is 11.9 Å². The first-order valence-electron chi connectivity index (χ1n) is 4.37. The van der Waals surface area contributed by atoms with Gasteiger partial charge in [0.2, 0.25) is 0 Å². The monoisotopic (exact) mass is 212 g/mol. The van der Waals surface area contributed by atoms with Crippen molar-refractivity contribution in [3.8, 4) is 0 Å². The third-order valence-corrected chi connectivity index (χ3v) is 1.80. The second-order valence-electron chi connectivity index (χ2n) is 3.10. The molecule has 0 radical (unpaired) electrons. The van der Waals surface area contributed by atoms with Crippen molar-refractivity contribution in [2.75, 3.05) is 6.54 Å². The summed E-state index contributed by atoms with van der Waals surface area (Å²) in [7, 11) is 0. The zero-order valence-corrected chi connectivity index (χ0v) is 8.44. The molecule has 0 unspecified atom stereocenters. The number of nitrogens with zero attached hydrogens (tertiary/aromatic N) is 1. The van der Waals surface area contributed by atoms with Crippen LogP contribution in [0.3, 0.4) is 0 Å². The van der Waals surface area contributed by atoms with Gasteiger partial charge in [-0.05, 0) is 18.9 Å². The predicted molar refractivity (Wildman–Crippen MR) is 58.2 cm³/mol. The summed E-state index contributed by atoms with van der Waals surface area (Å²) in [6.45, 7) is 3.64. The normalized spacial score (nSPS) is 13.4. The number of rotatable bonds is 6. The molecular formula is C9H16N4O2. The van der Waals surface area contributed by atoms with E-state index in [1.54, 1.807) is 0 Å². The molecule has 1 atom stereocenters. The van der Waals surface area contributed by atoms with Crippen molar-refractivity contribution in [2.24, 2.45) is 22.2 Å². The van der Waals surface area contributed by atoms with Gasteiger partial charge in [0.25, 0.3) is 0 Å². The van der Waals surface area contributed by atoms with Crippen molar-refractivity contribution in [2.45, 2.75) is 18.4 Å². The van der Waals surface area contributed by atoms with Crippen LogP contribution in [0.2, 0.25) is 0 Å². The molecule has 0 spiro atoms. The van der Waals surface area contributed by atoms with Gasteiger partial charge < -0.3 is 22.3 Å². The smallest absolute Gasteiger partial charge is 0.328 e. The van der Waals surface area contributed by atoms with Gasteiger partial charge >= 0.3 is 5.97 Å². The molecule has 0 rings (SSSR count). The maximum Gasteiger partial charge on any atom is 0.328 e. The number of hydrogen-bond acceptors (Lipinski definition) is 3. The topological polar surface area (TPSA) is 128 Å². The first kappa shape index (κ1) is 13.2. The summed E-state index contributed by atoms with van der Waals surface area (Å²) in [6.07, 6.45) is 1.92. The molecule has 0 bridgehead atoms. The molecule has 0 heterocycles. The molecule has 15 heavy (non-hydrogen) atoms. The maximum atomic E-state index is 10.8. The van der Waals surface area contributed by atoms with Crippen molar-refractivity contribution in [3.05, 3.63) is 18.4 Å². The number of guanidine groups is 1. The lowest BCUT2D eigenvalue weighted by atomic mass is 9.95. The van der Waals surface area contributed by atoms with Crippen molar-refractivity contribution < 1.29 is 9.90 Å². The van der Waals surface area contributed by atoms with Crippen LogP contribution in [0, 0.1) is 0 Å². The largest absolute Gasteiger partial charge is 0.480 e. The minimum absolute atomic E-state index is 0.0211. The molecule has 0 aliphatic carbocycles. The summed E-state index contributed by atoms with van der Waals surface area (Å²) in [5.74, 6) is -1.14. The zero-order valence-electron chi connectivity index (χ0n) is 8.44. The molecule has 6 heteroatoms. The van der Waals surface area contributed by atoms with Gasteiger partial charge in [-0.15, -0.1) is 5.73 Å². The number of carbonyl (C=O) groups is 1. The Morgan fingerprint density at radius 1 is 1.60 bits per heavy atom. The fraction of sp³-hybridized carbons (Fsp3) is 0.444. The first-order valence-corrected chi connectivity index (χ1v) is 4.37. The molecule has 7 N–H and O–H groups in total. The fourth-order valence-electron chi connectivity index (χ4n) is 1.00. The first-order chi connectivity index (χ1) is 6.92. The van der Waals surface area contributed by atoms with Gasteiger partial charge in [0, 0.05) is 6.54 Å². The van der Waals surface area contributed by atoms with E-state index in [0.29, 0.717) is 13.0 Å². The Kier molecular flexibility index (Phi) is 5.15. The van der Waals surface area contributed by atoms with Crippen LogP contribution in [0.15, 0.2) is 23.4 Å². The van der Waals surface area contributed by atoms with E-state index in [-0.39, 0.29) is 12.4 Å². The van der Waals surface area contributed by atoms with Gasteiger partial charge in [-0.1, -0.05) is 6.58 Å². The van der Waals surface area contributed by atoms with Crippen LogP contribution in [0.4, 0.5) is 0 Å². The van der Waals surface area contributed by atoms with Crippen molar-refractivity contribution in [1.29, 1.82) is 0 Å². The van der Waals surface area contributed by atoms with E-state index in [2.05, 4.69) is 17.3 Å². The molecule has 6 nitrogen and oxygen atoms in total. The predicted octanol–water partition coefficient (Wildman–Crippen LogP) is -0.837. The van der Waals surface area contributed by atoms with Crippen LogP contribution in [0.1, 0.15) is 12.8 Å². The van der Waals surface area contributed by atoms with Crippen LogP contribution < -0.4 is 17.2 Å². The van der Waals surface area contributed by atoms with Gasteiger partial charge in [0.15, 0.2) is 5.96 Å². The number of carboxylic acid groups (broad SMARTS) is 1. The van der Waals surface area contributed by atoms with Gasteiger partial charge in [0.05, 0.1) is 0 Å². The summed E-state index contributed by atoms with van der Waals surface area (Å²) < 4.78 is 0. The molecule has 0 saturated carbocycles. The molecule has 0 aliphatic rings. The van der Waals surface area contributed by atoms with Crippen molar-refractivity contribution in [1.82, 2.24) is 0 Å². The fourth-order valence-corrected chi connectivity index (χ4v) is 1.00. The Hall–Kier alpha value is -1.78. The summed E-state index contributed by atoms with van der Waals surface area (Å²) >= 11 is 0. The van der Waals surface area contributed by atoms with E-state index in [1.807, 2.05) is 0 Å². The summed E-state index contributed by atoms with van der Waals surface area (Å²) in [6, 6.07) is 0. The lowest BCUT2D eigenvalue weighted by Gasteiger charge is -2.18.